The largest absolute Gasteiger partial charge is 0.497 e. The Kier molecular flexibility index (Phi) is 7.64. The summed E-state index contributed by atoms with van der Waals surface area (Å²) in [5, 5.41) is 2.49. The minimum Gasteiger partial charge on any atom is -0.497 e. The van der Waals surface area contributed by atoms with Gasteiger partial charge in [-0.3, -0.25) is 4.79 Å². The highest BCUT2D eigenvalue weighted by Gasteiger charge is 2.24. The van der Waals surface area contributed by atoms with E-state index in [1.54, 1.807) is 19.2 Å². The minimum absolute atomic E-state index is 0.000771. The Morgan fingerprint density at radius 1 is 1.03 bits per heavy atom. The first-order valence-electron chi connectivity index (χ1n) is 9.28. The average molecular weight is 421 g/mol. The maximum Gasteiger partial charge on any atom is 0.254 e. The summed E-state index contributed by atoms with van der Waals surface area (Å²) in [6.45, 7) is 4.06. The monoisotopic (exact) mass is 420 g/mol. The fraction of sp³-hybridized carbons (Fsp3) is 0.381. The summed E-state index contributed by atoms with van der Waals surface area (Å²) < 4.78 is 39.3. The molecule has 2 rings (SSSR count). The summed E-state index contributed by atoms with van der Waals surface area (Å²) in [4.78, 5) is 12.1. The summed E-state index contributed by atoms with van der Waals surface area (Å²) in [5.41, 5.74) is 0.992. The lowest BCUT2D eigenvalue weighted by molar-refractivity contribution is 0.0960. The molecule has 2 aromatic carbocycles. The highest BCUT2D eigenvalue weighted by atomic mass is 32.2. The molecule has 0 radical (unpaired) electrons. The molecule has 1 amide bonds. The molecule has 7 nitrogen and oxygen atoms in total. The molecule has 2 N–H and O–H groups in total. The third-order valence-corrected chi connectivity index (χ3v) is 5.94. The Bertz CT molecular complexity index is 940. The van der Waals surface area contributed by atoms with E-state index < -0.39 is 22.0 Å². The Hall–Kier alpha value is -2.58. The first kappa shape index (κ1) is 22.7. The second kappa shape index (κ2) is 9.76. The predicted molar refractivity (Wildman–Crippen MR) is 112 cm³/mol. The van der Waals surface area contributed by atoms with Crippen molar-refractivity contribution in [2.24, 2.45) is 5.92 Å². The normalized spacial score (nSPS) is 12.5. The molecule has 0 saturated heterocycles. The molecule has 1 atom stereocenters. The van der Waals surface area contributed by atoms with E-state index in [9.17, 15) is 13.2 Å². The molecule has 0 heterocycles. The number of sulfonamides is 1. The Morgan fingerprint density at radius 2 is 1.69 bits per heavy atom. The van der Waals surface area contributed by atoms with E-state index in [0.717, 1.165) is 5.56 Å². The zero-order valence-corrected chi connectivity index (χ0v) is 18.2. The number of hydrogen-bond acceptors (Lipinski definition) is 5. The first-order valence-corrected chi connectivity index (χ1v) is 10.8. The van der Waals surface area contributed by atoms with Crippen molar-refractivity contribution in [3.8, 4) is 11.5 Å². The maximum absolute atomic E-state index is 13.1. The molecule has 1 unspecified atom stereocenters. The molecule has 0 bridgehead atoms. The fourth-order valence-electron chi connectivity index (χ4n) is 2.98. The number of carbonyl (C=O) groups excluding carboxylic acids is 1. The average Bonchev–Trinajstić information content (AvgIpc) is 2.71. The SMILES string of the molecule is CNC(=O)c1cc(S(=O)(=O)NC(CC(C)C)c2ccc(OC)cc2)ccc1OC. The minimum atomic E-state index is -3.87. The second-order valence-electron chi connectivity index (χ2n) is 7.02. The molecule has 0 fully saturated rings. The van der Waals surface area contributed by atoms with Crippen molar-refractivity contribution in [1.82, 2.24) is 10.0 Å². The summed E-state index contributed by atoms with van der Waals surface area (Å²) in [7, 11) is 0.608. The number of methoxy groups -OCH3 is 2. The van der Waals surface area contributed by atoms with Crippen molar-refractivity contribution in [1.29, 1.82) is 0 Å². The number of nitrogens with one attached hydrogen (secondary N) is 2. The molecule has 0 aromatic heterocycles. The van der Waals surface area contributed by atoms with Crippen LogP contribution >= 0.6 is 0 Å². The van der Waals surface area contributed by atoms with Crippen LogP contribution in [-0.4, -0.2) is 35.6 Å². The summed E-state index contributed by atoms with van der Waals surface area (Å²) in [5.74, 6) is 0.845. The molecule has 0 saturated carbocycles. The van der Waals surface area contributed by atoms with Gasteiger partial charge in [0, 0.05) is 13.1 Å². The molecule has 0 aliphatic carbocycles. The van der Waals surface area contributed by atoms with Crippen LogP contribution in [0.15, 0.2) is 47.4 Å². The molecule has 0 spiro atoms. The van der Waals surface area contributed by atoms with Crippen LogP contribution in [0.2, 0.25) is 0 Å². The summed E-state index contributed by atoms with van der Waals surface area (Å²) >= 11 is 0. The molecule has 158 valence electrons. The van der Waals surface area contributed by atoms with Gasteiger partial charge in [-0.05, 0) is 48.2 Å². The molecule has 29 heavy (non-hydrogen) atoms. The van der Waals surface area contributed by atoms with Gasteiger partial charge in [-0.2, -0.15) is 0 Å². The first-order chi connectivity index (χ1) is 13.7. The van der Waals surface area contributed by atoms with Crippen molar-refractivity contribution in [3.63, 3.8) is 0 Å². The van der Waals surface area contributed by atoms with Gasteiger partial charge < -0.3 is 14.8 Å². The van der Waals surface area contributed by atoms with Crippen molar-refractivity contribution >= 4 is 15.9 Å². The van der Waals surface area contributed by atoms with Crippen LogP contribution in [0, 0.1) is 5.92 Å². The Balaban J connectivity index is 2.40. The molecule has 8 heteroatoms. The van der Waals surface area contributed by atoms with Crippen LogP contribution in [0.3, 0.4) is 0 Å². The van der Waals surface area contributed by atoms with Crippen LogP contribution in [0.5, 0.6) is 11.5 Å². The summed E-state index contributed by atoms with van der Waals surface area (Å²) in [6, 6.07) is 11.1. The van der Waals surface area contributed by atoms with Crippen LogP contribution < -0.4 is 19.5 Å². The number of benzene rings is 2. The van der Waals surface area contributed by atoms with Gasteiger partial charge in [0.15, 0.2) is 0 Å². The topological polar surface area (TPSA) is 93.7 Å². The third-order valence-electron chi connectivity index (χ3n) is 4.48. The van der Waals surface area contributed by atoms with Crippen molar-refractivity contribution in [2.75, 3.05) is 21.3 Å². The second-order valence-corrected chi connectivity index (χ2v) is 8.73. The van der Waals surface area contributed by atoms with E-state index >= 15 is 0 Å². The Morgan fingerprint density at radius 3 is 2.21 bits per heavy atom. The third kappa shape index (κ3) is 5.71. The molecule has 2 aromatic rings. The van der Waals surface area contributed by atoms with Crippen LogP contribution in [0.25, 0.3) is 0 Å². The van der Waals surface area contributed by atoms with E-state index in [2.05, 4.69) is 10.0 Å². The number of rotatable bonds is 9. The number of ether oxygens (including phenoxy) is 2. The van der Waals surface area contributed by atoms with Crippen molar-refractivity contribution < 1.29 is 22.7 Å². The lowest BCUT2D eigenvalue weighted by Crippen LogP contribution is -2.30. The molecule has 0 aliphatic heterocycles. The smallest absolute Gasteiger partial charge is 0.254 e. The van der Waals surface area contributed by atoms with Gasteiger partial charge in [0.25, 0.3) is 5.91 Å². The maximum atomic E-state index is 13.1. The van der Waals surface area contributed by atoms with E-state index in [4.69, 9.17) is 9.47 Å². The molecular formula is C21H28N2O5S. The van der Waals surface area contributed by atoms with E-state index in [1.807, 2.05) is 26.0 Å². The van der Waals surface area contributed by atoms with Crippen LogP contribution in [-0.2, 0) is 10.0 Å². The van der Waals surface area contributed by atoms with Gasteiger partial charge in [0.2, 0.25) is 10.0 Å². The standard InChI is InChI=1S/C21H28N2O5S/c1-14(2)12-19(15-6-8-16(27-4)9-7-15)23-29(25,26)17-10-11-20(28-5)18(13-17)21(24)22-3/h6-11,13-14,19,23H,12H2,1-5H3,(H,22,24). The number of carbonyl (C=O) groups is 1. The van der Waals surface area contributed by atoms with Gasteiger partial charge >= 0.3 is 0 Å². The highest BCUT2D eigenvalue weighted by Crippen LogP contribution is 2.27. The molecular weight excluding hydrogens is 392 g/mol. The highest BCUT2D eigenvalue weighted by molar-refractivity contribution is 7.89. The van der Waals surface area contributed by atoms with Gasteiger partial charge in [-0.1, -0.05) is 26.0 Å². The van der Waals surface area contributed by atoms with E-state index in [1.165, 1.54) is 32.4 Å². The van der Waals surface area contributed by atoms with Gasteiger partial charge in [-0.25, -0.2) is 13.1 Å². The van der Waals surface area contributed by atoms with Crippen molar-refractivity contribution in [2.45, 2.75) is 31.2 Å². The van der Waals surface area contributed by atoms with Gasteiger partial charge in [0.1, 0.15) is 11.5 Å². The van der Waals surface area contributed by atoms with Gasteiger partial charge in [0.05, 0.1) is 24.7 Å². The quantitative estimate of drug-likeness (QED) is 0.650. The van der Waals surface area contributed by atoms with Crippen LogP contribution in [0.1, 0.15) is 42.2 Å². The lowest BCUT2D eigenvalue weighted by atomic mass is 9.98. The summed E-state index contributed by atoms with van der Waals surface area (Å²) in [6.07, 6.45) is 0.615. The zero-order chi connectivity index (χ0) is 21.6. The van der Waals surface area contributed by atoms with Crippen molar-refractivity contribution in [3.05, 3.63) is 53.6 Å². The van der Waals surface area contributed by atoms with Crippen LogP contribution in [0.4, 0.5) is 0 Å². The molecule has 0 aliphatic rings. The predicted octanol–water partition coefficient (Wildman–Crippen LogP) is 3.13. The number of amides is 1. The zero-order valence-electron chi connectivity index (χ0n) is 17.4. The van der Waals surface area contributed by atoms with E-state index in [-0.39, 0.29) is 16.4 Å². The van der Waals surface area contributed by atoms with Gasteiger partial charge in [-0.15, -0.1) is 0 Å². The lowest BCUT2D eigenvalue weighted by Gasteiger charge is -2.22. The Labute approximate surface area is 172 Å². The van der Waals surface area contributed by atoms with E-state index in [0.29, 0.717) is 17.9 Å². The number of hydrogen-bond donors (Lipinski definition) is 2. The fourth-order valence-corrected chi connectivity index (χ4v) is 4.24.